The molecule has 1 aromatic rings. The Morgan fingerprint density at radius 3 is 3.05 bits per heavy atom. The minimum Gasteiger partial charge on any atom is -0.390 e. The third kappa shape index (κ3) is 2.44. The van der Waals surface area contributed by atoms with Crippen molar-refractivity contribution >= 4 is 6.08 Å². The Morgan fingerprint density at radius 1 is 1.50 bits per heavy atom. The van der Waals surface area contributed by atoms with E-state index in [-0.39, 0.29) is 5.41 Å². The normalized spacial score (nSPS) is 29.6. The SMILES string of the molecule is CC(C)(O)CC[C@H]1CCCC2=Cc3[nH]ncc3C[C@@]21C. The van der Waals surface area contributed by atoms with E-state index in [0.717, 1.165) is 19.3 Å². The fraction of sp³-hybridized carbons (Fsp3) is 0.706. The van der Waals surface area contributed by atoms with Crippen LogP contribution < -0.4 is 0 Å². The van der Waals surface area contributed by atoms with Gasteiger partial charge in [-0.25, -0.2) is 0 Å². The number of aromatic nitrogens is 2. The molecule has 2 atom stereocenters. The van der Waals surface area contributed by atoms with Crippen LogP contribution in [0.3, 0.4) is 0 Å². The van der Waals surface area contributed by atoms with E-state index in [1.807, 2.05) is 20.0 Å². The van der Waals surface area contributed by atoms with Crippen LogP contribution >= 0.6 is 0 Å². The Hall–Kier alpha value is -1.09. The Balaban J connectivity index is 1.84. The summed E-state index contributed by atoms with van der Waals surface area (Å²) in [4.78, 5) is 0. The molecule has 0 amide bonds. The molecule has 0 spiro atoms. The van der Waals surface area contributed by atoms with Crippen LogP contribution in [-0.4, -0.2) is 20.9 Å². The van der Waals surface area contributed by atoms with E-state index in [4.69, 9.17) is 0 Å². The summed E-state index contributed by atoms with van der Waals surface area (Å²) >= 11 is 0. The fourth-order valence-electron chi connectivity index (χ4n) is 4.05. The number of allylic oxidation sites excluding steroid dienone is 1. The molecule has 2 aliphatic carbocycles. The molecule has 0 radical (unpaired) electrons. The molecule has 3 rings (SSSR count). The van der Waals surface area contributed by atoms with Crippen LogP contribution in [0.2, 0.25) is 0 Å². The summed E-state index contributed by atoms with van der Waals surface area (Å²) in [6, 6.07) is 0. The first kappa shape index (κ1) is 13.9. The van der Waals surface area contributed by atoms with Crippen molar-refractivity contribution < 1.29 is 5.11 Å². The van der Waals surface area contributed by atoms with E-state index in [1.54, 1.807) is 5.57 Å². The van der Waals surface area contributed by atoms with Crippen LogP contribution in [0.4, 0.5) is 0 Å². The summed E-state index contributed by atoms with van der Waals surface area (Å²) in [7, 11) is 0. The predicted molar refractivity (Wildman–Crippen MR) is 81.2 cm³/mol. The van der Waals surface area contributed by atoms with Gasteiger partial charge in [0.2, 0.25) is 0 Å². The highest BCUT2D eigenvalue weighted by Crippen LogP contribution is 2.52. The second-order valence-corrected chi connectivity index (χ2v) is 7.51. The lowest BCUT2D eigenvalue weighted by Gasteiger charge is -2.46. The van der Waals surface area contributed by atoms with Gasteiger partial charge < -0.3 is 5.11 Å². The highest BCUT2D eigenvalue weighted by molar-refractivity contribution is 5.58. The van der Waals surface area contributed by atoms with Gasteiger partial charge in [0.25, 0.3) is 0 Å². The average molecular weight is 274 g/mol. The van der Waals surface area contributed by atoms with Gasteiger partial charge in [-0.1, -0.05) is 12.5 Å². The highest BCUT2D eigenvalue weighted by Gasteiger charge is 2.42. The maximum Gasteiger partial charge on any atom is 0.0609 e. The van der Waals surface area contributed by atoms with Crippen molar-refractivity contribution in [1.29, 1.82) is 0 Å². The second-order valence-electron chi connectivity index (χ2n) is 7.51. The van der Waals surface area contributed by atoms with Crippen LogP contribution in [0.1, 0.15) is 64.1 Å². The zero-order chi connectivity index (χ0) is 14.4. The third-order valence-corrected chi connectivity index (χ3v) is 5.37. The number of nitrogens with one attached hydrogen (secondary N) is 1. The van der Waals surface area contributed by atoms with Crippen LogP contribution in [-0.2, 0) is 6.42 Å². The van der Waals surface area contributed by atoms with Crippen molar-refractivity contribution in [2.75, 3.05) is 0 Å². The lowest BCUT2D eigenvalue weighted by Crippen LogP contribution is -2.38. The molecule has 20 heavy (non-hydrogen) atoms. The van der Waals surface area contributed by atoms with E-state index < -0.39 is 5.60 Å². The van der Waals surface area contributed by atoms with Crippen molar-refractivity contribution in [3.63, 3.8) is 0 Å². The molecular weight excluding hydrogens is 248 g/mol. The number of hydrogen-bond acceptors (Lipinski definition) is 2. The maximum absolute atomic E-state index is 10.0. The summed E-state index contributed by atoms with van der Waals surface area (Å²) in [6.07, 6.45) is 11.2. The number of aliphatic hydroxyl groups is 1. The van der Waals surface area contributed by atoms with Crippen LogP contribution in [0, 0.1) is 11.3 Å². The molecule has 110 valence electrons. The van der Waals surface area contributed by atoms with Crippen LogP contribution in [0.5, 0.6) is 0 Å². The molecule has 1 heterocycles. The Morgan fingerprint density at radius 2 is 2.30 bits per heavy atom. The van der Waals surface area contributed by atoms with Gasteiger partial charge in [0.05, 0.1) is 17.5 Å². The average Bonchev–Trinajstić information content (AvgIpc) is 2.78. The van der Waals surface area contributed by atoms with Crippen molar-refractivity contribution in [3.8, 4) is 0 Å². The van der Waals surface area contributed by atoms with Gasteiger partial charge in [0.15, 0.2) is 0 Å². The monoisotopic (exact) mass is 274 g/mol. The van der Waals surface area contributed by atoms with Crippen molar-refractivity contribution in [2.24, 2.45) is 11.3 Å². The molecule has 0 saturated heterocycles. The molecule has 3 nitrogen and oxygen atoms in total. The zero-order valence-electron chi connectivity index (χ0n) is 12.9. The van der Waals surface area contributed by atoms with Gasteiger partial charge >= 0.3 is 0 Å². The van der Waals surface area contributed by atoms with Gasteiger partial charge in [-0.05, 0) is 75.3 Å². The van der Waals surface area contributed by atoms with E-state index >= 15 is 0 Å². The smallest absolute Gasteiger partial charge is 0.0609 e. The lowest BCUT2D eigenvalue weighted by atomic mass is 9.58. The molecule has 1 fully saturated rings. The molecule has 3 heteroatoms. The molecule has 0 aliphatic heterocycles. The first-order chi connectivity index (χ1) is 9.38. The molecule has 0 unspecified atom stereocenters. The summed E-state index contributed by atoms with van der Waals surface area (Å²) in [5.41, 5.74) is 3.86. The first-order valence-electron chi connectivity index (χ1n) is 7.84. The summed E-state index contributed by atoms with van der Waals surface area (Å²) in [5.74, 6) is 0.678. The Kier molecular flexibility index (Phi) is 3.28. The molecule has 1 aromatic heterocycles. The molecule has 2 N–H and O–H groups in total. The molecule has 1 saturated carbocycles. The number of rotatable bonds is 3. The second kappa shape index (κ2) is 4.73. The summed E-state index contributed by atoms with van der Waals surface area (Å²) in [6.45, 7) is 6.26. The van der Waals surface area contributed by atoms with Crippen molar-refractivity contribution in [3.05, 3.63) is 23.0 Å². The minimum atomic E-state index is -0.548. The van der Waals surface area contributed by atoms with Crippen LogP contribution in [0.25, 0.3) is 6.08 Å². The summed E-state index contributed by atoms with van der Waals surface area (Å²) < 4.78 is 0. The van der Waals surface area contributed by atoms with Crippen molar-refractivity contribution in [1.82, 2.24) is 10.2 Å². The van der Waals surface area contributed by atoms with Gasteiger partial charge in [0.1, 0.15) is 0 Å². The van der Waals surface area contributed by atoms with E-state index in [1.165, 1.54) is 30.5 Å². The lowest BCUT2D eigenvalue weighted by molar-refractivity contribution is 0.0500. The van der Waals surface area contributed by atoms with E-state index in [9.17, 15) is 5.11 Å². The number of fused-ring (bicyclic) bond motifs is 2. The van der Waals surface area contributed by atoms with Gasteiger partial charge in [-0.15, -0.1) is 0 Å². The Labute approximate surface area is 121 Å². The van der Waals surface area contributed by atoms with E-state index in [2.05, 4.69) is 23.2 Å². The molecule has 0 bridgehead atoms. The van der Waals surface area contributed by atoms with Gasteiger partial charge in [-0.3, -0.25) is 5.10 Å². The molecule has 2 aliphatic rings. The minimum absolute atomic E-state index is 0.264. The number of nitrogens with zero attached hydrogens (tertiary/aromatic N) is 1. The molecule has 0 aromatic carbocycles. The van der Waals surface area contributed by atoms with Crippen LogP contribution in [0.15, 0.2) is 11.8 Å². The van der Waals surface area contributed by atoms with E-state index in [0.29, 0.717) is 5.92 Å². The number of H-pyrrole nitrogens is 1. The fourth-order valence-corrected chi connectivity index (χ4v) is 4.05. The topological polar surface area (TPSA) is 48.9 Å². The Bertz CT molecular complexity index is 523. The number of hydrogen-bond donors (Lipinski definition) is 2. The van der Waals surface area contributed by atoms with Gasteiger partial charge in [0, 0.05) is 0 Å². The quantitative estimate of drug-likeness (QED) is 0.882. The predicted octanol–water partition coefficient (Wildman–Crippen LogP) is 3.71. The van der Waals surface area contributed by atoms with Gasteiger partial charge in [-0.2, -0.15) is 5.10 Å². The summed E-state index contributed by atoms with van der Waals surface area (Å²) in [5, 5.41) is 17.3. The first-order valence-corrected chi connectivity index (χ1v) is 7.84. The molecular formula is C17H26N2O. The maximum atomic E-state index is 10.0. The standard InChI is InChI=1S/C17H26N2O/c1-16(2,20)8-7-13-5-4-6-14-9-15-12(11-18-19-15)10-17(13,14)3/h9,11,13,20H,4-8,10H2,1-3H3,(H,18,19)/t13-,17-/m1/s1. The third-order valence-electron chi connectivity index (χ3n) is 5.37. The largest absolute Gasteiger partial charge is 0.390 e. The van der Waals surface area contributed by atoms with Crippen molar-refractivity contribution in [2.45, 2.75) is 64.9 Å². The highest BCUT2D eigenvalue weighted by atomic mass is 16.3. The zero-order valence-corrected chi connectivity index (χ0v) is 12.9. The number of aromatic amines is 1.